The Labute approximate surface area is 230 Å². The van der Waals surface area contributed by atoms with Crippen molar-refractivity contribution in [1.82, 2.24) is 20.2 Å². The van der Waals surface area contributed by atoms with E-state index in [1.807, 2.05) is 12.1 Å². The van der Waals surface area contributed by atoms with Gasteiger partial charge in [0.05, 0.1) is 18.2 Å². The van der Waals surface area contributed by atoms with Crippen LogP contribution in [0, 0.1) is 11.8 Å². The van der Waals surface area contributed by atoms with Crippen molar-refractivity contribution in [1.29, 1.82) is 0 Å². The highest BCUT2D eigenvalue weighted by Gasteiger charge is 2.32. The van der Waals surface area contributed by atoms with Crippen molar-refractivity contribution in [2.24, 2.45) is 16.8 Å². The van der Waals surface area contributed by atoms with Gasteiger partial charge >= 0.3 is 6.09 Å². The van der Waals surface area contributed by atoms with E-state index in [-0.39, 0.29) is 11.5 Å². The number of anilines is 1. The third-order valence-corrected chi connectivity index (χ3v) is 6.02. The zero-order valence-corrected chi connectivity index (χ0v) is 24.2. The van der Waals surface area contributed by atoms with Gasteiger partial charge < -0.3 is 15.0 Å². The first-order chi connectivity index (χ1) is 18.3. The van der Waals surface area contributed by atoms with Gasteiger partial charge in [-0.2, -0.15) is 0 Å². The van der Waals surface area contributed by atoms with Crippen LogP contribution in [0.5, 0.6) is 0 Å². The van der Waals surface area contributed by atoms with Crippen LogP contribution in [-0.4, -0.2) is 46.6 Å². The molecule has 0 bridgehead atoms. The molecule has 2 heterocycles. The fraction of sp³-hybridized carbons (Fsp3) is 0.552. The number of aromatic nitrogens is 2. The van der Waals surface area contributed by atoms with Gasteiger partial charge in [-0.25, -0.2) is 14.8 Å². The molecule has 10 nitrogen and oxygen atoms in total. The van der Waals surface area contributed by atoms with Gasteiger partial charge in [0.15, 0.2) is 0 Å². The van der Waals surface area contributed by atoms with E-state index in [1.165, 1.54) is 6.34 Å². The summed E-state index contributed by atoms with van der Waals surface area (Å²) in [6.07, 6.45) is 3.52. The van der Waals surface area contributed by atoms with Crippen LogP contribution in [0.15, 0.2) is 40.2 Å². The monoisotopic (exact) mass is 538 g/mol. The van der Waals surface area contributed by atoms with Crippen molar-refractivity contribution in [2.45, 2.75) is 79.5 Å². The summed E-state index contributed by atoms with van der Waals surface area (Å²) in [5, 5.41) is 5.44. The summed E-state index contributed by atoms with van der Waals surface area (Å²) in [4.78, 5) is 49.3. The molecule has 2 aromatic rings. The first-order valence-corrected chi connectivity index (χ1v) is 13.6. The van der Waals surface area contributed by atoms with Gasteiger partial charge in [-0.15, -0.1) is 0 Å². The van der Waals surface area contributed by atoms with E-state index < -0.39 is 17.7 Å². The fourth-order valence-corrected chi connectivity index (χ4v) is 4.49. The Hall–Kier alpha value is -3.69. The number of nitrogens with one attached hydrogen (secondary N) is 2. The Balaban J connectivity index is 1.63. The third-order valence-electron chi connectivity index (χ3n) is 6.02. The molecule has 2 N–H and O–H groups in total. The topological polar surface area (TPSA) is 118 Å². The van der Waals surface area contributed by atoms with Gasteiger partial charge in [0.2, 0.25) is 5.91 Å². The smallest absolute Gasteiger partial charge is 0.412 e. The number of carbonyl (C=O) groups is 2. The van der Waals surface area contributed by atoms with Crippen molar-refractivity contribution in [2.75, 3.05) is 18.0 Å². The number of hydrogen-bond acceptors (Lipinski definition) is 7. The molecular weight excluding hydrogens is 496 g/mol. The minimum absolute atomic E-state index is 0.152. The Kier molecular flexibility index (Phi) is 9.88. The first kappa shape index (κ1) is 29.9. The maximum Gasteiger partial charge on any atom is 0.412 e. The molecule has 1 aliphatic heterocycles. The van der Waals surface area contributed by atoms with Crippen LogP contribution in [0.3, 0.4) is 0 Å². The number of alkyl carbamates (subject to hydrolysis) is 1. The average Bonchev–Trinajstić information content (AvgIpc) is 3.27. The van der Waals surface area contributed by atoms with Crippen molar-refractivity contribution < 1.29 is 14.3 Å². The standard InChI is InChI=1S/C29H42N6O4/c1-19(2)16-34(17-20(3)4)24-15-30-25-13-12-23(35(25)27(24)37)26(36)31-14-21-8-10-22(11-9-21)32-18-33-28(38)39-29(5,6)7/h8-11,15,18-20,23H,12-14,16-17H2,1-7H3,(H,31,36)(H,32,33,38)/t23-/m0/s1. The second-order valence-electron chi connectivity index (χ2n) is 11.8. The maximum atomic E-state index is 13.5. The lowest BCUT2D eigenvalue weighted by atomic mass is 10.1. The number of rotatable bonds is 10. The number of fused-ring (bicyclic) bond motifs is 1. The van der Waals surface area contributed by atoms with Crippen LogP contribution in [0.4, 0.5) is 16.2 Å². The van der Waals surface area contributed by atoms with Crippen LogP contribution >= 0.6 is 0 Å². The second-order valence-corrected chi connectivity index (χ2v) is 11.8. The van der Waals surface area contributed by atoms with Crippen LogP contribution in [0.2, 0.25) is 0 Å². The van der Waals surface area contributed by atoms with Gasteiger partial charge in [0.25, 0.3) is 5.56 Å². The van der Waals surface area contributed by atoms with Gasteiger partial charge in [-0.3, -0.25) is 19.5 Å². The highest BCUT2D eigenvalue weighted by Crippen LogP contribution is 2.25. The lowest BCUT2D eigenvalue weighted by molar-refractivity contribution is -0.124. The van der Waals surface area contributed by atoms with Crippen LogP contribution in [0.25, 0.3) is 0 Å². The maximum absolute atomic E-state index is 13.5. The zero-order chi connectivity index (χ0) is 28.7. The van der Waals surface area contributed by atoms with E-state index in [4.69, 9.17) is 4.74 Å². The summed E-state index contributed by atoms with van der Waals surface area (Å²) < 4.78 is 6.74. The second kappa shape index (κ2) is 12.9. The van der Waals surface area contributed by atoms with Crippen molar-refractivity contribution in [3.63, 3.8) is 0 Å². The number of amides is 2. The molecule has 0 fully saturated rings. The molecule has 0 saturated heterocycles. The molecule has 1 atom stereocenters. The molecule has 0 saturated carbocycles. The number of benzene rings is 1. The molecule has 212 valence electrons. The van der Waals surface area contributed by atoms with Crippen molar-refractivity contribution >= 4 is 29.7 Å². The van der Waals surface area contributed by atoms with Crippen molar-refractivity contribution in [3.05, 3.63) is 52.2 Å². The number of aryl methyl sites for hydroxylation is 1. The minimum Gasteiger partial charge on any atom is -0.444 e. The highest BCUT2D eigenvalue weighted by atomic mass is 16.6. The first-order valence-electron chi connectivity index (χ1n) is 13.6. The van der Waals surface area contributed by atoms with Gasteiger partial charge in [0, 0.05) is 26.1 Å². The van der Waals surface area contributed by atoms with Gasteiger partial charge in [-0.05, 0) is 56.7 Å². The van der Waals surface area contributed by atoms with E-state index in [9.17, 15) is 14.4 Å². The van der Waals surface area contributed by atoms with E-state index in [0.29, 0.717) is 48.4 Å². The Bertz CT molecular complexity index is 1220. The number of carbonyl (C=O) groups excluding carboxylic acids is 2. The van der Waals surface area contributed by atoms with Gasteiger partial charge in [0.1, 0.15) is 23.2 Å². The SMILES string of the molecule is CC(C)CN(CC(C)C)c1cnc2n(c1=O)[C@H](C(=O)NCc1ccc(/N=C/NC(=O)OC(C)(C)C)cc1)CC2. The van der Waals surface area contributed by atoms with E-state index in [2.05, 4.69) is 53.2 Å². The minimum atomic E-state index is -0.584. The zero-order valence-electron chi connectivity index (χ0n) is 24.2. The fourth-order valence-electron chi connectivity index (χ4n) is 4.49. The largest absolute Gasteiger partial charge is 0.444 e. The quantitative estimate of drug-likeness (QED) is 0.343. The van der Waals surface area contributed by atoms with Crippen molar-refractivity contribution in [3.8, 4) is 0 Å². The van der Waals surface area contributed by atoms with Crippen LogP contribution in [0.1, 0.15) is 72.3 Å². The molecule has 0 spiro atoms. The number of ether oxygens (including phenoxy) is 1. The predicted molar refractivity (Wildman–Crippen MR) is 154 cm³/mol. The van der Waals surface area contributed by atoms with Crippen LogP contribution in [-0.2, 0) is 22.5 Å². The lowest BCUT2D eigenvalue weighted by Gasteiger charge is -2.28. The molecule has 0 unspecified atom stereocenters. The van der Waals surface area contributed by atoms with Crippen LogP contribution < -0.4 is 21.1 Å². The average molecular weight is 539 g/mol. The molecule has 39 heavy (non-hydrogen) atoms. The normalized spacial score (nSPS) is 15.1. The third kappa shape index (κ3) is 8.66. The Morgan fingerprint density at radius 2 is 1.79 bits per heavy atom. The van der Waals surface area contributed by atoms with E-state index in [0.717, 1.165) is 18.7 Å². The number of nitrogens with zero attached hydrogens (tertiary/aromatic N) is 4. The van der Waals surface area contributed by atoms with E-state index >= 15 is 0 Å². The molecule has 2 amide bonds. The summed E-state index contributed by atoms with van der Waals surface area (Å²) in [6, 6.07) is 6.70. The molecule has 0 aliphatic carbocycles. The summed E-state index contributed by atoms with van der Waals surface area (Å²) in [5.41, 5.74) is 1.35. The summed E-state index contributed by atoms with van der Waals surface area (Å²) >= 11 is 0. The number of hydrogen-bond donors (Lipinski definition) is 2. The molecule has 1 aliphatic rings. The molecule has 3 rings (SSSR count). The summed E-state index contributed by atoms with van der Waals surface area (Å²) in [7, 11) is 0. The lowest BCUT2D eigenvalue weighted by Crippen LogP contribution is -2.40. The molecule has 10 heteroatoms. The molecule has 1 aromatic carbocycles. The van der Waals surface area contributed by atoms with Gasteiger partial charge in [-0.1, -0.05) is 39.8 Å². The molecular formula is C29H42N6O4. The summed E-state index contributed by atoms with van der Waals surface area (Å²) in [5.74, 6) is 1.23. The molecule has 0 radical (unpaired) electrons. The van der Waals surface area contributed by atoms with E-state index in [1.54, 1.807) is 43.7 Å². The number of aliphatic imine (C=N–C) groups is 1. The Morgan fingerprint density at radius 1 is 1.15 bits per heavy atom. The Morgan fingerprint density at radius 3 is 2.38 bits per heavy atom. The predicted octanol–water partition coefficient (Wildman–Crippen LogP) is 4.35. The molecule has 1 aromatic heterocycles. The highest BCUT2D eigenvalue weighted by molar-refractivity contribution is 5.83. The summed E-state index contributed by atoms with van der Waals surface area (Å²) in [6.45, 7) is 15.7.